The quantitative estimate of drug-likeness (QED) is 0.468. The summed E-state index contributed by atoms with van der Waals surface area (Å²) in [7, 11) is -2.55. The van der Waals surface area contributed by atoms with E-state index in [1.165, 1.54) is 24.1 Å². The van der Waals surface area contributed by atoms with Crippen LogP contribution in [0.15, 0.2) is 89.8 Å². The van der Waals surface area contributed by atoms with Crippen LogP contribution in [0.2, 0.25) is 0 Å². The lowest BCUT2D eigenvalue weighted by molar-refractivity contribution is -0.139. The van der Waals surface area contributed by atoms with Gasteiger partial charge in [-0.2, -0.15) is 0 Å². The molecule has 0 bridgehead atoms. The first-order valence-corrected chi connectivity index (χ1v) is 12.9. The van der Waals surface area contributed by atoms with Crippen LogP contribution in [0.4, 0.5) is 5.69 Å². The number of sulfonamides is 1. The molecule has 3 rings (SSSR count). The molecule has 0 heterocycles. The molecule has 0 fully saturated rings. The van der Waals surface area contributed by atoms with Crippen molar-refractivity contribution < 1.29 is 18.0 Å². The van der Waals surface area contributed by atoms with Crippen molar-refractivity contribution in [2.45, 2.75) is 37.8 Å². The zero-order valence-corrected chi connectivity index (χ0v) is 21.0. The summed E-state index contributed by atoms with van der Waals surface area (Å²) >= 11 is 0. The zero-order chi connectivity index (χ0) is 25.4. The first-order valence-electron chi connectivity index (χ1n) is 11.5. The standard InChI is InChI=1S/C27H31N3O4S/c1-4-23-15-11-12-18-25(23)30(35(33,34)24-16-9-6-10-17-24)20-26(31)29(21(2)27(32)28-3)19-22-13-7-5-8-14-22/h5-18,21H,4,19-20H2,1-3H3,(H,28,32)/t21-/m0/s1. The largest absolute Gasteiger partial charge is 0.357 e. The molecular formula is C27H31N3O4S. The van der Waals surface area contributed by atoms with Crippen LogP contribution < -0.4 is 9.62 Å². The van der Waals surface area contributed by atoms with E-state index in [1.54, 1.807) is 37.3 Å². The van der Waals surface area contributed by atoms with Crippen LogP contribution in [0.3, 0.4) is 0 Å². The fourth-order valence-electron chi connectivity index (χ4n) is 3.86. The molecule has 2 amide bonds. The first kappa shape index (κ1) is 26.0. The maximum absolute atomic E-state index is 13.8. The van der Waals surface area contributed by atoms with Gasteiger partial charge in [-0.25, -0.2) is 8.42 Å². The summed E-state index contributed by atoms with van der Waals surface area (Å²) in [5, 5.41) is 2.58. The van der Waals surface area contributed by atoms with Crippen LogP contribution in [0.1, 0.15) is 25.0 Å². The van der Waals surface area contributed by atoms with Gasteiger partial charge in [0.1, 0.15) is 12.6 Å². The third-order valence-electron chi connectivity index (χ3n) is 5.86. The van der Waals surface area contributed by atoms with E-state index in [0.717, 1.165) is 15.4 Å². The number of para-hydroxylation sites is 1. The van der Waals surface area contributed by atoms with Crippen molar-refractivity contribution in [3.05, 3.63) is 96.1 Å². The Bertz CT molecular complexity index is 1250. The monoisotopic (exact) mass is 493 g/mol. The highest BCUT2D eigenvalue weighted by Gasteiger charge is 2.32. The normalized spacial score (nSPS) is 12.0. The number of carbonyl (C=O) groups is 2. The van der Waals surface area contributed by atoms with Crippen LogP contribution >= 0.6 is 0 Å². The molecule has 0 saturated heterocycles. The molecule has 0 aliphatic rings. The number of carbonyl (C=O) groups excluding carboxylic acids is 2. The van der Waals surface area contributed by atoms with Gasteiger partial charge < -0.3 is 10.2 Å². The van der Waals surface area contributed by atoms with Gasteiger partial charge >= 0.3 is 0 Å². The Kier molecular flexibility index (Phi) is 8.65. The van der Waals surface area contributed by atoms with Gasteiger partial charge in [0.05, 0.1) is 10.6 Å². The zero-order valence-electron chi connectivity index (χ0n) is 20.2. The second-order valence-corrected chi connectivity index (χ2v) is 9.97. The second-order valence-electron chi connectivity index (χ2n) is 8.10. The number of nitrogens with one attached hydrogen (secondary N) is 1. The molecule has 8 heteroatoms. The van der Waals surface area contributed by atoms with Gasteiger partial charge in [0.2, 0.25) is 11.8 Å². The number of benzene rings is 3. The average molecular weight is 494 g/mol. The number of anilines is 1. The predicted molar refractivity (Wildman–Crippen MR) is 137 cm³/mol. The molecular weight excluding hydrogens is 462 g/mol. The van der Waals surface area contributed by atoms with Gasteiger partial charge in [-0.3, -0.25) is 13.9 Å². The summed E-state index contributed by atoms with van der Waals surface area (Å²) in [4.78, 5) is 27.7. The van der Waals surface area contributed by atoms with E-state index in [9.17, 15) is 18.0 Å². The summed E-state index contributed by atoms with van der Waals surface area (Å²) in [5.74, 6) is -0.809. The van der Waals surface area contributed by atoms with Gasteiger partial charge in [0.25, 0.3) is 10.0 Å². The van der Waals surface area contributed by atoms with Crippen LogP contribution in [0, 0.1) is 0 Å². The maximum atomic E-state index is 13.8. The molecule has 0 spiro atoms. The fraction of sp³-hybridized carbons (Fsp3) is 0.259. The fourth-order valence-corrected chi connectivity index (χ4v) is 5.33. The molecule has 3 aromatic rings. The number of nitrogens with zero attached hydrogens (tertiary/aromatic N) is 2. The maximum Gasteiger partial charge on any atom is 0.264 e. The van der Waals surface area contributed by atoms with Crippen molar-refractivity contribution in [2.75, 3.05) is 17.9 Å². The van der Waals surface area contributed by atoms with E-state index in [1.807, 2.05) is 49.4 Å². The number of likely N-dealkylation sites (N-methyl/N-ethyl adjacent to an activating group) is 1. The minimum absolute atomic E-state index is 0.0904. The van der Waals surface area contributed by atoms with Crippen molar-refractivity contribution in [2.24, 2.45) is 0 Å². The lowest BCUT2D eigenvalue weighted by Gasteiger charge is -2.32. The Morgan fingerprint density at radius 2 is 1.46 bits per heavy atom. The molecule has 0 unspecified atom stereocenters. The van der Waals surface area contributed by atoms with Crippen molar-refractivity contribution in [1.29, 1.82) is 0 Å². The van der Waals surface area contributed by atoms with Gasteiger partial charge in [-0.05, 0) is 42.7 Å². The highest BCUT2D eigenvalue weighted by molar-refractivity contribution is 7.92. The van der Waals surface area contributed by atoms with Gasteiger partial charge in [-0.1, -0.05) is 73.7 Å². The average Bonchev–Trinajstić information content (AvgIpc) is 2.90. The summed E-state index contributed by atoms with van der Waals surface area (Å²) in [6.07, 6.45) is 0.591. The van der Waals surface area contributed by atoms with E-state index in [2.05, 4.69) is 5.32 Å². The van der Waals surface area contributed by atoms with Crippen LogP contribution in [0.25, 0.3) is 0 Å². The number of amides is 2. The Hall–Kier alpha value is -3.65. The van der Waals surface area contributed by atoms with E-state index in [4.69, 9.17) is 0 Å². The minimum atomic E-state index is -4.05. The van der Waals surface area contributed by atoms with Crippen molar-refractivity contribution in [3.8, 4) is 0 Å². The summed E-state index contributed by atoms with van der Waals surface area (Å²) in [6.45, 7) is 3.30. The van der Waals surface area contributed by atoms with Gasteiger partial charge in [-0.15, -0.1) is 0 Å². The Morgan fingerprint density at radius 1 is 0.886 bits per heavy atom. The second kappa shape index (κ2) is 11.7. The van der Waals surface area contributed by atoms with E-state index >= 15 is 0 Å². The summed E-state index contributed by atoms with van der Waals surface area (Å²) in [6, 6.07) is 23.7. The molecule has 1 atom stereocenters. The molecule has 0 radical (unpaired) electrons. The molecule has 0 aliphatic heterocycles. The van der Waals surface area contributed by atoms with E-state index < -0.39 is 28.5 Å². The third kappa shape index (κ3) is 6.08. The summed E-state index contributed by atoms with van der Waals surface area (Å²) < 4.78 is 28.7. The highest BCUT2D eigenvalue weighted by atomic mass is 32.2. The van der Waals surface area contributed by atoms with E-state index in [0.29, 0.717) is 12.1 Å². The van der Waals surface area contributed by atoms with Crippen molar-refractivity contribution in [3.63, 3.8) is 0 Å². The molecule has 184 valence electrons. The van der Waals surface area contributed by atoms with Gasteiger partial charge in [0, 0.05) is 13.6 Å². The Morgan fingerprint density at radius 3 is 2.06 bits per heavy atom. The van der Waals surface area contributed by atoms with Gasteiger partial charge in [0.15, 0.2) is 0 Å². The number of rotatable bonds is 10. The number of hydrogen-bond acceptors (Lipinski definition) is 4. The molecule has 0 saturated carbocycles. The van der Waals surface area contributed by atoms with Crippen molar-refractivity contribution in [1.82, 2.24) is 10.2 Å². The summed E-state index contributed by atoms with van der Waals surface area (Å²) in [5.41, 5.74) is 2.08. The molecule has 35 heavy (non-hydrogen) atoms. The topological polar surface area (TPSA) is 86.8 Å². The van der Waals surface area contributed by atoms with Crippen LogP contribution in [0.5, 0.6) is 0 Å². The molecule has 1 N–H and O–H groups in total. The first-order chi connectivity index (χ1) is 16.8. The Labute approximate surface area is 207 Å². The third-order valence-corrected chi connectivity index (χ3v) is 7.63. The molecule has 7 nitrogen and oxygen atoms in total. The number of aryl methyl sites for hydroxylation is 1. The number of hydrogen-bond donors (Lipinski definition) is 1. The van der Waals surface area contributed by atoms with Crippen LogP contribution in [-0.2, 0) is 32.6 Å². The smallest absolute Gasteiger partial charge is 0.264 e. The molecule has 3 aromatic carbocycles. The molecule has 0 aromatic heterocycles. The minimum Gasteiger partial charge on any atom is -0.357 e. The lowest BCUT2D eigenvalue weighted by Crippen LogP contribution is -2.50. The van der Waals surface area contributed by atoms with Crippen LogP contribution in [-0.4, -0.2) is 44.8 Å². The SMILES string of the molecule is CCc1ccccc1N(CC(=O)N(Cc1ccccc1)[C@@H](C)C(=O)NC)S(=O)(=O)c1ccccc1. The Balaban J connectivity index is 2.05. The predicted octanol–water partition coefficient (Wildman–Crippen LogP) is 3.61. The van der Waals surface area contributed by atoms with E-state index in [-0.39, 0.29) is 17.3 Å². The highest BCUT2D eigenvalue weighted by Crippen LogP contribution is 2.28. The lowest BCUT2D eigenvalue weighted by atomic mass is 10.1. The van der Waals surface area contributed by atoms with Crippen molar-refractivity contribution >= 4 is 27.5 Å². The molecule has 0 aliphatic carbocycles.